The number of halogens is 3. The molecule has 26 heavy (non-hydrogen) atoms. The molecule has 136 valence electrons. The Morgan fingerprint density at radius 1 is 1.19 bits per heavy atom. The Hall–Kier alpha value is -2.41. The molecule has 2 aromatic heterocycles. The van der Waals surface area contributed by atoms with Crippen LogP contribution >= 0.6 is 11.3 Å². The molecule has 0 N–H and O–H groups in total. The van der Waals surface area contributed by atoms with Gasteiger partial charge in [-0.1, -0.05) is 18.2 Å². The smallest absolute Gasteiger partial charge is 0.308 e. The monoisotopic (exact) mass is 378 g/mol. The van der Waals surface area contributed by atoms with E-state index in [1.807, 2.05) is 25.1 Å². The number of para-hydroxylation sites is 1. The Balaban J connectivity index is 2.17. The van der Waals surface area contributed by atoms with Crippen LogP contribution in [0.15, 0.2) is 36.4 Å². The number of nitrogens with zero attached hydrogens (tertiary/aromatic N) is 2. The second-order valence-corrected chi connectivity index (χ2v) is 6.93. The summed E-state index contributed by atoms with van der Waals surface area (Å²) in [4.78, 5) is 19.3. The summed E-state index contributed by atoms with van der Waals surface area (Å²) >= 11 is 1.01. The summed E-state index contributed by atoms with van der Waals surface area (Å²) in [6.45, 7) is 5.32. The number of thiophene rings is 1. The van der Waals surface area contributed by atoms with Gasteiger partial charge in [0.1, 0.15) is 4.83 Å². The van der Waals surface area contributed by atoms with Crippen LogP contribution in [0.25, 0.3) is 10.2 Å². The van der Waals surface area contributed by atoms with Crippen LogP contribution in [0.1, 0.15) is 33.4 Å². The molecule has 0 fully saturated rings. The van der Waals surface area contributed by atoms with Crippen LogP contribution in [-0.2, 0) is 6.18 Å². The number of benzene rings is 1. The normalized spacial score (nSPS) is 11.8. The molecule has 3 nitrogen and oxygen atoms in total. The van der Waals surface area contributed by atoms with Gasteiger partial charge in [0.2, 0.25) is 0 Å². The highest BCUT2D eigenvalue weighted by atomic mass is 32.1. The molecule has 0 radical (unpaired) electrons. The molecule has 1 aromatic carbocycles. The number of carbonyl (C=O) groups is 1. The third-order valence-corrected chi connectivity index (χ3v) is 5.33. The molecule has 0 unspecified atom stereocenters. The summed E-state index contributed by atoms with van der Waals surface area (Å²) in [6, 6.07) is 10.1. The molecule has 3 rings (SSSR count). The van der Waals surface area contributed by atoms with E-state index in [1.165, 1.54) is 6.92 Å². The summed E-state index contributed by atoms with van der Waals surface area (Å²) in [5.41, 5.74) is 0.567. The number of fused-ring (bicyclic) bond motifs is 1. The van der Waals surface area contributed by atoms with Crippen molar-refractivity contribution in [1.29, 1.82) is 0 Å². The molecule has 7 heteroatoms. The minimum absolute atomic E-state index is 0.0144. The summed E-state index contributed by atoms with van der Waals surface area (Å²) in [6.07, 6.45) is -4.50. The predicted molar refractivity (Wildman–Crippen MR) is 97.9 cm³/mol. The third kappa shape index (κ3) is 3.19. The lowest BCUT2D eigenvalue weighted by molar-refractivity contribution is -0.136. The van der Waals surface area contributed by atoms with Crippen molar-refractivity contribution < 1.29 is 18.0 Å². The number of hydrogen-bond donors (Lipinski definition) is 0. The van der Waals surface area contributed by atoms with E-state index in [-0.39, 0.29) is 26.7 Å². The van der Waals surface area contributed by atoms with Crippen molar-refractivity contribution in [3.8, 4) is 0 Å². The van der Waals surface area contributed by atoms with Gasteiger partial charge in [0.05, 0.1) is 10.4 Å². The number of hydrogen-bond acceptors (Lipinski definition) is 3. The van der Waals surface area contributed by atoms with Gasteiger partial charge in [-0.2, -0.15) is 13.2 Å². The highest BCUT2D eigenvalue weighted by Gasteiger charge is 2.35. The lowest BCUT2D eigenvalue weighted by atomic mass is 10.1. The van der Waals surface area contributed by atoms with E-state index >= 15 is 0 Å². The number of aryl methyl sites for hydroxylation is 2. The topological polar surface area (TPSA) is 33.2 Å². The third-order valence-electron chi connectivity index (χ3n) is 4.16. The summed E-state index contributed by atoms with van der Waals surface area (Å²) < 4.78 is 40.4. The largest absolute Gasteiger partial charge is 0.417 e. The highest BCUT2D eigenvalue weighted by Crippen LogP contribution is 2.40. The zero-order valence-corrected chi connectivity index (χ0v) is 15.3. The van der Waals surface area contributed by atoms with Gasteiger partial charge in [-0.05, 0) is 44.5 Å². The second kappa shape index (κ2) is 6.72. The molecular weight excluding hydrogens is 361 g/mol. The fourth-order valence-corrected chi connectivity index (χ4v) is 4.17. The van der Waals surface area contributed by atoms with Crippen molar-refractivity contribution in [2.45, 2.75) is 26.9 Å². The van der Waals surface area contributed by atoms with Crippen molar-refractivity contribution in [3.05, 3.63) is 58.1 Å². The molecule has 0 aliphatic rings. The average molecular weight is 378 g/mol. The maximum atomic E-state index is 13.5. The first-order chi connectivity index (χ1) is 12.2. The molecule has 0 saturated carbocycles. The van der Waals surface area contributed by atoms with E-state index in [9.17, 15) is 18.0 Å². The SMILES string of the molecule is CCN(C(=O)c1sc2nc(C)cc(C(F)(F)F)c2c1C)c1ccccc1. The Labute approximate surface area is 153 Å². The lowest BCUT2D eigenvalue weighted by Gasteiger charge is -2.20. The number of anilines is 1. The number of pyridine rings is 1. The summed E-state index contributed by atoms with van der Waals surface area (Å²) in [5.74, 6) is -0.315. The Kier molecular flexibility index (Phi) is 4.75. The maximum Gasteiger partial charge on any atom is 0.417 e. The van der Waals surface area contributed by atoms with Crippen molar-refractivity contribution >= 4 is 33.1 Å². The zero-order chi connectivity index (χ0) is 19.1. The van der Waals surface area contributed by atoms with E-state index in [1.54, 1.807) is 24.0 Å². The van der Waals surface area contributed by atoms with Gasteiger partial charge in [-0.25, -0.2) is 4.98 Å². The molecule has 0 aliphatic heterocycles. The number of carbonyl (C=O) groups excluding carboxylic acids is 1. The van der Waals surface area contributed by atoms with Crippen molar-refractivity contribution in [2.24, 2.45) is 0 Å². The molecule has 0 atom stereocenters. The maximum absolute atomic E-state index is 13.5. The molecule has 3 aromatic rings. The standard InChI is InChI=1S/C19H17F3N2OS/c1-4-24(13-8-6-5-7-9-13)18(25)16-12(3)15-14(19(20,21)22)10-11(2)23-17(15)26-16/h5-10H,4H2,1-3H3. The molecule has 0 spiro atoms. The van der Waals surface area contributed by atoms with Crippen molar-refractivity contribution in [2.75, 3.05) is 11.4 Å². The molecule has 0 saturated heterocycles. The fraction of sp³-hybridized carbons (Fsp3) is 0.263. The van der Waals surface area contributed by atoms with E-state index < -0.39 is 11.7 Å². The first-order valence-corrected chi connectivity index (χ1v) is 8.90. The Morgan fingerprint density at radius 2 is 1.85 bits per heavy atom. The van der Waals surface area contributed by atoms with Crippen LogP contribution < -0.4 is 4.90 Å². The molecular formula is C19H17F3N2OS. The van der Waals surface area contributed by atoms with Crippen LogP contribution in [0.5, 0.6) is 0 Å². The molecule has 0 aliphatic carbocycles. The van der Waals surface area contributed by atoms with E-state index in [4.69, 9.17) is 0 Å². The fourth-order valence-electron chi connectivity index (χ4n) is 2.97. The number of amides is 1. The van der Waals surface area contributed by atoms with Crippen LogP contribution in [0.2, 0.25) is 0 Å². The highest BCUT2D eigenvalue weighted by molar-refractivity contribution is 7.20. The van der Waals surface area contributed by atoms with Gasteiger partial charge in [0.15, 0.2) is 0 Å². The van der Waals surface area contributed by atoms with Gasteiger partial charge >= 0.3 is 6.18 Å². The van der Waals surface area contributed by atoms with Crippen LogP contribution in [0.4, 0.5) is 18.9 Å². The van der Waals surface area contributed by atoms with Crippen LogP contribution in [0.3, 0.4) is 0 Å². The molecule has 2 heterocycles. The van der Waals surface area contributed by atoms with Crippen molar-refractivity contribution in [1.82, 2.24) is 4.98 Å². The summed E-state index contributed by atoms with van der Waals surface area (Å²) in [5, 5.41) is 0.0144. The Morgan fingerprint density at radius 3 is 2.42 bits per heavy atom. The van der Waals surface area contributed by atoms with E-state index in [2.05, 4.69) is 4.98 Å². The van der Waals surface area contributed by atoms with Crippen LogP contribution in [0, 0.1) is 13.8 Å². The minimum Gasteiger partial charge on any atom is -0.308 e. The predicted octanol–water partition coefficient (Wildman–Crippen LogP) is 5.60. The molecule has 1 amide bonds. The number of aromatic nitrogens is 1. The van der Waals surface area contributed by atoms with Crippen LogP contribution in [-0.4, -0.2) is 17.4 Å². The van der Waals surface area contributed by atoms with Gasteiger partial charge in [0.25, 0.3) is 5.91 Å². The van der Waals surface area contributed by atoms with Crippen molar-refractivity contribution in [3.63, 3.8) is 0 Å². The lowest BCUT2D eigenvalue weighted by Crippen LogP contribution is -2.30. The van der Waals surface area contributed by atoms with Gasteiger partial charge in [0, 0.05) is 23.3 Å². The van der Waals surface area contributed by atoms with E-state index in [0.717, 1.165) is 17.4 Å². The summed E-state index contributed by atoms with van der Waals surface area (Å²) in [7, 11) is 0. The second-order valence-electron chi connectivity index (χ2n) is 5.93. The van der Waals surface area contributed by atoms with E-state index in [0.29, 0.717) is 17.8 Å². The zero-order valence-electron chi connectivity index (χ0n) is 14.5. The number of rotatable bonds is 3. The first-order valence-electron chi connectivity index (χ1n) is 8.09. The average Bonchev–Trinajstić information content (AvgIpc) is 2.91. The van der Waals surface area contributed by atoms with Gasteiger partial charge in [-0.15, -0.1) is 11.3 Å². The molecule has 0 bridgehead atoms. The number of alkyl halides is 3. The quantitative estimate of drug-likeness (QED) is 0.594. The van der Waals surface area contributed by atoms with Gasteiger partial charge in [-0.3, -0.25) is 4.79 Å². The minimum atomic E-state index is -4.50. The Bertz CT molecular complexity index is 964. The van der Waals surface area contributed by atoms with Gasteiger partial charge < -0.3 is 4.90 Å². The first kappa shape index (κ1) is 18.4.